The van der Waals surface area contributed by atoms with Gasteiger partial charge in [0.25, 0.3) is 0 Å². The lowest BCUT2D eigenvalue weighted by Crippen LogP contribution is -2.49. The molecule has 0 aliphatic heterocycles. The fraction of sp³-hybridized carbons (Fsp3) is 0.727. The Kier molecular flexibility index (Phi) is 4.94. The van der Waals surface area contributed by atoms with Gasteiger partial charge in [-0.1, -0.05) is 6.92 Å². The summed E-state index contributed by atoms with van der Waals surface area (Å²) in [6.07, 6.45) is 0.875. The van der Waals surface area contributed by atoms with Crippen LogP contribution in [0.2, 0.25) is 0 Å². The number of aliphatic hydroxyl groups excluding tert-OH is 3. The number of aliphatic hydroxyl groups is 3. The quantitative estimate of drug-likeness (QED) is 0.442. The third-order valence-electron chi connectivity index (χ3n) is 2.90. The number of nitrogens with zero attached hydrogens (tertiary/aromatic N) is 2. The maximum atomic E-state index is 9.30. The fourth-order valence-electron chi connectivity index (χ4n) is 1.62. The molecule has 1 aromatic heterocycles. The minimum Gasteiger partial charge on any atom is -0.394 e. The van der Waals surface area contributed by atoms with E-state index in [2.05, 4.69) is 10.4 Å². The summed E-state index contributed by atoms with van der Waals surface area (Å²) in [5, 5.41) is 35.1. The second-order valence-corrected chi connectivity index (χ2v) is 4.45. The zero-order chi connectivity index (χ0) is 13.8. The molecule has 104 valence electrons. The van der Waals surface area contributed by atoms with Gasteiger partial charge in [-0.3, -0.25) is 0 Å². The van der Waals surface area contributed by atoms with Crippen LogP contribution in [-0.2, 0) is 6.54 Å². The van der Waals surface area contributed by atoms with E-state index in [4.69, 9.17) is 5.73 Å². The van der Waals surface area contributed by atoms with Crippen LogP contribution in [0.4, 0.5) is 11.5 Å². The molecular formula is C11H22N4O3. The Hall–Kier alpha value is -1.31. The molecule has 0 aromatic carbocycles. The van der Waals surface area contributed by atoms with E-state index in [9.17, 15) is 15.3 Å². The number of anilines is 2. The third-order valence-corrected chi connectivity index (χ3v) is 2.90. The highest BCUT2D eigenvalue weighted by atomic mass is 16.3. The minimum absolute atomic E-state index is 0.407. The smallest absolute Gasteiger partial charge is 0.148 e. The van der Waals surface area contributed by atoms with Crippen molar-refractivity contribution in [3.8, 4) is 0 Å². The third kappa shape index (κ3) is 2.74. The van der Waals surface area contributed by atoms with E-state index in [1.807, 2.05) is 6.92 Å². The first kappa shape index (κ1) is 14.7. The molecule has 1 heterocycles. The molecule has 0 unspecified atom stereocenters. The van der Waals surface area contributed by atoms with Crippen molar-refractivity contribution in [2.45, 2.75) is 32.4 Å². The van der Waals surface area contributed by atoms with Crippen LogP contribution in [-0.4, -0.2) is 50.5 Å². The Balaban J connectivity index is 3.08. The van der Waals surface area contributed by atoms with E-state index in [-0.39, 0.29) is 0 Å². The SMILES string of the molecule is CCCn1nc(C)c(N)c1NC(CO)(CO)CO. The molecule has 0 atom stereocenters. The molecule has 0 saturated heterocycles. The van der Waals surface area contributed by atoms with Gasteiger partial charge >= 0.3 is 0 Å². The van der Waals surface area contributed by atoms with Gasteiger partial charge < -0.3 is 26.4 Å². The highest BCUT2D eigenvalue weighted by Gasteiger charge is 2.30. The van der Waals surface area contributed by atoms with E-state index < -0.39 is 25.4 Å². The van der Waals surface area contributed by atoms with Gasteiger partial charge in [-0.2, -0.15) is 5.10 Å². The second kappa shape index (κ2) is 6.03. The van der Waals surface area contributed by atoms with Gasteiger partial charge in [-0.25, -0.2) is 4.68 Å². The summed E-state index contributed by atoms with van der Waals surface area (Å²) >= 11 is 0. The van der Waals surface area contributed by atoms with Gasteiger partial charge in [0.2, 0.25) is 0 Å². The number of nitrogens with two attached hydrogens (primary N) is 1. The molecular weight excluding hydrogens is 236 g/mol. The summed E-state index contributed by atoms with van der Waals surface area (Å²) in [6, 6.07) is 0. The lowest BCUT2D eigenvalue weighted by molar-refractivity contribution is 0.0828. The first-order chi connectivity index (χ1) is 8.53. The predicted molar refractivity (Wildman–Crippen MR) is 69.3 cm³/mol. The topological polar surface area (TPSA) is 117 Å². The van der Waals surface area contributed by atoms with Crippen LogP contribution < -0.4 is 11.1 Å². The molecule has 0 saturated carbocycles. The zero-order valence-electron chi connectivity index (χ0n) is 10.8. The van der Waals surface area contributed by atoms with Gasteiger partial charge in [0.15, 0.2) is 0 Å². The Morgan fingerprint density at radius 1 is 1.28 bits per heavy atom. The number of hydrogen-bond acceptors (Lipinski definition) is 6. The number of nitrogens with one attached hydrogen (secondary N) is 1. The maximum Gasteiger partial charge on any atom is 0.148 e. The lowest BCUT2D eigenvalue weighted by atomic mass is 10.0. The van der Waals surface area contributed by atoms with Crippen LogP contribution in [0.15, 0.2) is 0 Å². The zero-order valence-corrected chi connectivity index (χ0v) is 10.8. The molecule has 0 aliphatic rings. The van der Waals surface area contributed by atoms with Crippen LogP contribution in [0.1, 0.15) is 19.0 Å². The molecule has 18 heavy (non-hydrogen) atoms. The number of hydrogen-bond donors (Lipinski definition) is 5. The Bertz CT molecular complexity index is 380. The normalized spacial score (nSPS) is 11.8. The first-order valence-electron chi connectivity index (χ1n) is 5.97. The molecule has 0 spiro atoms. The summed E-state index contributed by atoms with van der Waals surface area (Å²) in [4.78, 5) is 0. The van der Waals surface area contributed by atoms with Gasteiger partial charge in [0.1, 0.15) is 11.4 Å². The van der Waals surface area contributed by atoms with Gasteiger partial charge in [0, 0.05) is 6.54 Å². The highest BCUT2D eigenvalue weighted by molar-refractivity contribution is 5.65. The van der Waals surface area contributed by atoms with Crippen LogP contribution in [0, 0.1) is 6.92 Å². The largest absolute Gasteiger partial charge is 0.394 e. The molecule has 0 fully saturated rings. The van der Waals surface area contributed by atoms with Gasteiger partial charge in [-0.15, -0.1) is 0 Å². The first-order valence-corrected chi connectivity index (χ1v) is 5.97. The average molecular weight is 258 g/mol. The number of aryl methyl sites for hydroxylation is 2. The predicted octanol–water partition coefficient (Wildman–Crippen LogP) is -0.689. The summed E-state index contributed by atoms with van der Waals surface area (Å²) in [5.74, 6) is 0.520. The number of nitrogen functional groups attached to an aromatic ring is 1. The second-order valence-electron chi connectivity index (χ2n) is 4.45. The van der Waals surface area contributed by atoms with Crippen molar-refractivity contribution in [1.82, 2.24) is 9.78 Å². The Morgan fingerprint density at radius 2 is 1.83 bits per heavy atom. The average Bonchev–Trinajstić information content (AvgIpc) is 2.64. The summed E-state index contributed by atoms with van der Waals surface area (Å²) < 4.78 is 1.68. The number of aromatic nitrogens is 2. The molecule has 0 aliphatic carbocycles. The van der Waals surface area contributed by atoms with Crippen molar-refractivity contribution in [2.24, 2.45) is 0 Å². The molecule has 0 bridgehead atoms. The molecule has 7 nitrogen and oxygen atoms in total. The van der Waals surface area contributed by atoms with Crippen LogP contribution in [0.3, 0.4) is 0 Å². The molecule has 0 radical (unpaired) electrons. The van der Waals surface area contributed by atoms with Crippen molar-refractivity contribution in [3.63, 3.8) is 0 Å². The monoisotopic (exact) mass is 258 g/mol. The number of rotatable bonds is 7. The fourth-order valence-corrected chi connectivity index (χ4v) is 1.62. The maximum absolute atomic E-state index is 9.30. The van der Waals surface area contributed by atoms with Crippen LogP contribution >= 0.6 is 0 Å². The van der Waals surface area contributed by atoms with Crippen molar-refractivity contribution >= 4 is 11.5 Å². The van der Waals surface area contributed by atoms with Crippen molar-refractivity contribution in [1.29, 1.82) is 0 Å². The van der Waals surface area contributed by atoms with Crippen molar-refractivity contribution < 1.29 is 15.3 Å². The summed E-state index contributed by atoms with van der Waals surface area (Å²) in [6.45, 7) is 3.24. The lowest BCUT2D eigenvalue weighted by Gasteiger charge is -2.30. The minimum atomic E-state index is -1.20. The summed E-state index contributed by atoms with van der Waals surface area (Å²) in [7, 11) is 0. The Morgan fingerprint density at radius 3 is 2.28 bits per heavy atom. The Labute approximate surface area is 106 Å². The molecule has 1 rings (SSSR count). The van der Waals surface area contributed by atoms with E-state index in [0.717, 1.165) is 6.42 Å². The van der Waals surface area contributed by atoms with Crippen molar-refractivity contribution in [2.75, 3.05) is 30.9 Å². The molecule has 1 aromatic rings. The standard InChI is InChI=1S/C11H22N4O3/c1-3-4-15-10(9(12)8(2)14-15)13-11(5-16,6-17)7-18/h13,16-18H,3-7,12H2,1-2H3. The summed E-state index contributed by atoms with van der Waals surface area (Å²) in [5.41, 5.74) is 5.85. The van der Waals surface area contributed by atoms with Gasteiger partial charge in [0.05, 0.1) is 31.2 Å². The van der Waals surface area contributed by atoms with Crippen LogP contribution in [0.25, 0.3) is 0 Å². The van der Waals surface area contributed by atoms with Crippen LogP contribution in [0.5, 0.6) is 0 Å². The molecule has 0 amide bonds. The van der Waals surface area contributed by atoms with Gasteiger partial charge in [-0.05, 0) is 13.3 Å². The van der Waals surface area contributed by atoms with E-state index >= 15 is 0 Å². The van der Waals surface area contributed by atoms with Crippen molar-refractivity contribution in [3.05, 3.63) is 5.69 Å². The van der Waals surface area contributed by atoms with E-state index in [1.54, 1.807) is 11.6 Å². The molecule has 7 heteroatoms. The highest BCUT2D eigenvalue weighted by Crippen LogP contribution is 2.25. The van der Waals surface area contributed by atoms with E-state index in [0.29, 0.717) is 23.7 Å². The van der Waals surface area contributed by atoms with E-state index in [1.165, 1.54) is 0 Å². The molecule has 6 N–H and O–H groups in total.